The van der Waals surface area contributed by atoms with Gasteiger partial charge in [-0.05, 0) is 38.1 Å². The Kier molecular flexibility index (Phi) is 4.22. The summed E-state index contributed by atoms with van der Waals surface area (Å²) in [6.45, 7) is 7.28. The van der Waals surface area contributed by atoms with Crippen molar-refractivity contribution in [1.29, 1.82) is 0 Å². The summed E-state index contributed by atoms with van der Waals surface area (Å²) in [6, 6.07) is 0. The molecule has 2 unspecified atom stereocenters. The summed E-state index contributed by atoms with van der Waals surface area (Å²) in [6.07, 6.45) is 6.44. The fraction of sp³-hybridized carbons (Fsp3) is 1.00. The molecule has 3 nitrogen and oxygen atoms in total. The molecule has 0 aliphatic carbocycles. The highest BCUT2D eigenvalue weighted by molar-refractivity contribution is 4.96. The molecule has 0 saturated carbocycles. The zero-order valence-electron chi connectivity index (χ0n) is 10.6. The maximum absolute atomic E-state index is 6.02. The van der Waals surface area contributed by atoms with Gasteiger partial charge < -0.3 is 10.5 Å². The van der Waals surface area contributed by atoms with Crippen LogP contribution in [0.15, 0.2) is 0 Å². The van der Waals surface area contributed by atoms with E-state index in [0.717, 1.165) is 25.7 Å². The van der Waals surface area contributed by atoms with Gasteiger partial charge in [-0.3, -0.25) is 4.90 Å². The molecule has 3 heteroatoms. The summed E-state index contributed by atoms with van der Waals surface area (Å²) < 4.78 is 5.66. The van der Waals surface area contributed by atoms with Crippen LogP contribution in [-0.4, -0.2) is 43.3 Å². The lowest BCUT2D eigenvalue weighted by Crippen LogP contribution is -2.57. The van der Waals surface area contributed by atoms with Crippen LogP contribution in [0, 0.1) is 5.92 Å². The predicted molar refractivity (Wildman–Crippen MR) is 66.4 cm³/mol. The first-order chi connectivity index (χ1) is 7.80. The Hall–Kier alpha value is -0.120. The van der Waals surface area contributed by atoms with Crippen LogP contribution in [0.3, 0.4) is 0 Å². The Morgan fingerprint density at radius 1 is 1.50 bits per heavy atom. The number of ether oxygens (including phenoxy) is 1. The van der Waals surface area contributed by atoms with Crippen molar-refractivity contribution >= 4 is 0 Å². The van der Waals surface area contributed by atoms with Gasteiger partial charge in [0.05, 0.1) is 12.1 Å². The Bertz CT molecular complexity index is 214. The van der Waals surface area contributed by atoms with Crippen molar-refractivity contribution in [2.45, 2.75) is 44.6 Å². The fourth-order valence-corrected chi connectivity index (χ4v) is 3.28. The largest absolute Gasteiger partial charge is 0.379 e. The SMILES string of the molecule is CCCC1CCN(C2(CN)CCCOC2)C1. The van der Waals surface area contributed by atoms with Gasteiger partial charge in [-0.25, -0.2) is 0 Å². The van der Waals surface area contributed by atoms with Crippen molar-refractivity contribution in [2.24, 2.45) is 11.7 Å². The van der Waals surface area contributed by atoms with Crippen LogP contribution in [0.5, 0.6) is 0 Å². The second kappa shape index (κ2) is 5.48. The monoisotopic (exact) mass is 226 g/mol. The molecule has 0 radical (unpaired) electrons. The van der Waals surface area contributed by atoms with Gasteiger partial charge in [0.1, 0.15) is 0 Å². The van der Waals surface area contributed by atoms with Crippen LogP contribution >= 0.6 is 0 Å². The van der Waals surface area contributed by atoms with Gasteiger partial charge in [-0.2, -0.15) is 0 Å². The minimum absolute atomic E-state index is 0.167. The van der Waals surface area contributed by atoms with Crippen LogP contribution in [0.25, 0.3) is 0 Å². The summed E-state index contributed by atoms with van der Waals surface area (Å²) in [5.74, 6) is 0.898. The highest BCUT2D eigenvalue weighted by atomic mass is 16.5. The molecule has 2 N–H and O–H groups in total. The van der Waals surface area contributed by atoms with Crippen LogP contribution < -0.4 is 5.73 Å². The highest BCUT2D eigenvalue weighted by Gasteiger charge is 2.40. The molecule has 94 valence electrons. The normalized spacial score (nSPS) is 36.8. The smallest absolute Gasteiger partial charge is 0.0662 e. The third-order valence-electron chi connectivity index (χ3n) is 4.34. The number of nitrogens with zero attached hydrogens (tertiary/aromatic N) is 1. The molecule has 0 aromatic carbocycles. The third-order valence-corrected chi connectivity index (χ3v) is 4.34. The summed E-state index contributed by atoms with van der Waals surface area (Å²) in [5.41, 5.74) is 6.18. The topological polar surface area (TPSA) is 38.5 Å². The maximum Gasteiger partial charge on any atom is 0.0662 e. The van der Waals surface area contributed by atoms with Crippen LogP contribution in [0.1, 0.15) is 39.0 Å². The number of nitrogens with two attached hydrogens (primary N) is 1. The van der Waals surface area contributed by atoms with Gasteiger partial charge in [0, 0.05) is 19.7 Å². The van der Waals surface area contributed by atoms with E-state index in [4.69, 9.17) is 10.5 Å². The lowest BCUT2D eigenvalue weighted by atomic mass is 9.90. The molecule has 16 heavy (non-hydrogen) atoms. The third kappa shape index (κ3) is 2.41. The molecule has 2 saturated heterocycles. The molecule has 0 spiro atoms. The van der Waals surface area contributed by atoms with Gasteiger partial charge >= 0.3 is 0 Å². The second-order valence-electron chi connectivity index (χ2n) is 5.47. The molecule has 0 bridgehead atoms. The number of hydrogen-bond donors (Lipinski definition) is 1. The van der Waals surface area contributed by atoms with Gasteiger partial charge in [0.25, 0.3) is 0 Å². The van der Waals surface area contributed by atoms with Gasteiger partial charge in [-0.15, -0.1) is 0 Å². The molecule has 2 atom stereocenters. The van der Waals surface area contributed by atoms with Crippen molar-refractivity contribution < 1.29 is 4.74 Å². The van der Waals surface area contributed by atoms with Crippen molar-refractivity contribution in [2.75, 3.05) is 32.8 Å². The highest BCUT2D eigenvalue weighted by Crippen LogP contribution is 2.32. The molecule has 2 rings (SSSR count). The molecule has 0 aromatic rings. The number of hydrogen-bond acceptors (Lipinski definition) is 3. The fourth-order valence-electron chi connectivity index (χ4n) is 3.28. The van der Waals surface area contributed by atoms with Crippen LogP contribution in [-0.2, 0) is 4.74 Å². The lowest BCUT2D eigenvalue weighted by Gasteiger charge is -2.43. The second-order valence-corrected chi connectivity index (χ2v) is 5.47. The Labute approximate surface area is 99.3 Å². The van der Waals surface area contributed by atoms with E-state index < -0.39 is 0 Å². The van der Waals surface area contributed by atoms with Gasteiger partial charge in [-0.1, -0.05) is 13.3 Å². The predicted octanol–water partition coefficient (Wildman–Crippen LogP) is 1.62. The van der Waals surface area contributed by atoms with E-state index in [9.17, 15) is 0 Å². The summed E-state index contributed by atoms with van der Waals surface area (Å²) >= 11 is 0. The number of likely N-dealkylation sites (tertiary alicyclic amines) is 1. The zero-order valence-corrected chi connectivity index (χ0v) is 10.6. The van der Waals surface area contributed by atoms with Gasteiger partial charge in [0.2, 0.25) is 0 Å². The van der Waals surface area contributed by atoms with Crippen LogP contribution in [0.2, 0.25) is 0 Å². The first-order valence-electron chi connectivity index (χ1n) is 6.83. The standard InChI is InChI=1S/C13H26N2O/c1-2-4-12-5-7-15(9-12)13(10-14)6-3-8-16-11-13/h12H,2-11,14H2,1H3. The van der Waals surface area contributed by atoms with Crippen molar-refractivity contribution in [3.63, 3.8) is 0 Å². The molecule has 0 aromatic heterocycles. The van der Waals surface area contributed by atoms with Crippen molar-refractivity contribution in [3.05, 3.63) is 0 Å². The summed E-state index contributed by atoms with van der Waals surface area (Å²) in [4.78, 5) is 2.62. The summed E-state index contributed by atoms with van der Waals surface area (Å²) in [5, 5.41) is 0. The average molecular weight is 226 g/mol. The minimum Gasteiger partial charge on any atom is -0.379 e. The van der Waals surface area contributed by atoms with E-state index in [0.29, 0.717) is 0 Å². The summed E-state index contributed by atoms with van der Waals surface area (Å²) in [7, 11) is 0. The van der Waals surface area contributed by atoms with E-state index in [1.165, 1.54) is 45.2 Å². The first kappa shape index (κ1) is 12.3. The maximum atomic E-state index is 6.02. The average Bonchev–Trinajstić information content (AvgIpc) is 2.80. The minimum atomic E-state index is 0.167. The van der Waals surface area contributed by atoms with E-state index in [1.807, 2.05) is 0 Å². The van der Waals surface area contributed by atoms with E-state index in [-0.39, 0.29) is 5.54 Å². The van der Waals surface area contributed by atoms with Gasteiger partial charge in [0.15, 0.2) is 0 Å². The Balaban J connectivity index is 1.94. The van der Waals surface area contributed by atoms with Crippen LogP contribution in [0.4, 0.5) is 0 Å². The number of rotatable bonds is 4. The zero-order chi connectivity index (χ0) is 11.4. The molecule has 2 heterocycles. The Morgan fingerprint density at radius 2 is 2.38 bits per heavy atom. The Morgan fingerprint density at radius 3 is 3.00 bits per heavy atom. The molecule has 2 fully saturated rings. The molecule has 2 aliphatic rings. The van der Waals surface area contributed by atoms with Crippen molar-refractivity contribution in [3.8, 4) is 0 Å². The van der Waals surface area contributed by atoms with E-state index >= 15 is 0 Å². The van der Waals surface area contributed by atoms with E-state index in [1.54, 1.807) is 0 Å². The first-order valence-corrected chi connectivity index (χ1v) is 6.83. The molecular formula is C13H26N2O. The quantitative estimate of drug-likeness (QED) is 0.791. The molecular weight excluding hydrogens is 200 g/mol. The van der Waals surface area contributed by atoms with Crippen molar-refractivity contribution in [1.82, 2.24) is 4.90 Å². The lowest BCUT2D eigenvalue weighted by molar-refractivity contribution is -0.0368. The molecule has 2 aliphatic heterocycles. The van der Waals surface area contributed by atoms with E-state index in [2.05, 4.69) is 11.8 Å². The molecule has 0 amide bonds.